The molecule has 0 radical (unpaired) electrons. The van der Waals surface area contributed by atoms with Crippen LogP contribution in [0.1, 0.15) is 40.4 Å². The van der Waals surface area contributed by atoms with Crippen molar-refractivity contribution in [2.45, 2.75) is 30.7 Å². The molecule has 1 fully saturated rings. The SMILES string of the molecule is COC(=O)c1ccc(S(=O)(=O)NC(c2ccc(C)cc2)C2CC2)c(Cl)c1. The lowest BCUT2D eigenvalue weighted by Crippen LogP contribution is -2.30. The van der Waals surface area contributed by atoms with E-state index in [4.69, 9.17) is 11.6 Å². The third-order valence-electron chi connectivity index (χ3n) is 4.45. The minimum absolute atomic E-state index is 0.0150. The van der Waals surface area contributed by atoms with Crippen LogP contribution in [0.25, 0.3) is 0 Å². The number of ether oxygens (including phenoxy) is 1. The van der Waals surface area contributed by atoms with E-state index < -0.39 is 16.0 Å². The molecule has 5 nitrogen and oxygen atoms in total. The van der Waals surface area contributed by atoms with Gasteiger partial charge in [0.25, 0.3) is 0 Å². The van der Waals surface area contributed by atoms with E-state index in [2.05, 4.69) is 9.46 Å². The second-order valence-corrected chi connectivity index (χ2v) is 8.57. The molecular formula is C19H20ClNO4S. The van der Waals surface area contributed by atoms with Crippen LogP contribution in [0.2, 0.25) is 5.02 Å². The molecule has 0 heterocycles. The van der Waals surface area contributed by atoms with Crippen LogP contribution in [-0.4, -0.2) is 21.5 Å². The number of hydrogen-bond donors (Lipinski definition) is 1. The van der Waals surface area contributed by atoms with Crippen molar-refractivity contribution < 1.29 is 17.9 Å². The van der Waals surface area contributed by atoms with Crippen molar-refractivity contribution in [3.05, 3.63) is 64.2 Å². The average Bonchev–Trinajstić information content (AvgIpc) is 3.44. The van der Waals surface area contributed by atoms with Crippen LogP contribution in [0.4, 0.5) is 0 Å². The molecule has 0 spiro atoms. The van der Waals surface area contributed by atoms with Crippen LogP contribution in [0.3, 0.4) is 0 Å². The third kappa shape index (κ3) is 4.09. The van der Waals surface area contributed by atoms with Crippen LogP contribution in [-0.2, 0) is 14.8 Å². The number of nitrogens with one attached hydrogen (secondary N) is 1. The molecule has 1 aliphatic rings. The van der Waals surface area contributed by atoms with Gasteiger partial charge >= 0.3 is 5.97 Å². The number of carbonyl (C=O) groups excluding carboxylic acids is 1. The van der Waals surface area contributed by atoms with Crippen LogP contribution < -0.4 is 4.72 Å². The first-order valence-electron chi connectivity index (χ1n) is 8.28. The summed E-state index contributed by atoms with van der Waals surface area (Å²) >= 11 is 6.13. The van der Waals surface area contributed by atoms with Crippen LogP contribution in [0.5, 0.6) is 0 Å². The van der Waals surface area contributed by atoms with Gasteiger partial charge in [0, 0.05) is 6.04 Å². The van der Waals surface area contributed by atoms with Crippen molar-refractivity contribution in [3.63, 3.8) is 0 Å². The molecule has 1 atom stereocenters. The molecule has 1 aliphatic carbocycles. The molecule has 2 aromatic carbocycles. The second-order valence-electron chi connectivity index (χ2n) is 6.48. The first-order chi connectivity index (χ1) is 12.3. The van der Waals surface area contributed by atoms with E-state index in [0.29, 0.717) is 0 Å². The first-order valence-corrected chi connectivity index (χ1v) is 10.1. The summed E-state index contributed by atoms with van der Waals surface area (Å²) in [5.74, 6) is -0.292. The fourth-order valence-electron chi connectivity index (χ4n) is 2.83. The maximum Gasteiger partial charge on any atom is 0.337 e. The Morgan fingerprint density at radius 2 is 1.85 bits per heavy atom. The van der Waals surface area contributed by atoms with Gasteiger partial charge in [-0.1, -0.05) is 41.4 Å². The molecule has 138 valence electrons. The molecule has 3 rings (SSSR count). The van der Waals surface area contributed by atoms with Crippen LogP contribution in [0, 0.1) is 12.8 Å². The topological polar surface area (TPSA) is 72.5 Å². The number of esters is 1. The van der Waals surface area contributed by atoms with E-state index in [-0.39, 0.29) is 27.4 Å². The molecule has 26 heavy (non-hydrogen) atoms. The number of hydrogen-bond acceptors (Lipinski definition) is 4. The number of halogens is 1. The summed E-state index contributed by atoms with van der Waals surface area (Å²) in [5, 5.41) is -0.0150. The number of aryl methyl sites for hydroxylation is 1. The second kappa shape index (κ2) is 7.39. The summed E-state index contributed by atoms with van der Waals surface area (Å²) in [7, 11) is -2.58. The Labute approximate surface area is 158 Å². The van der Waals surface area contributed by atoms with Gasteiger partial charge in [0.2, 0.25) is 10.0 Å². The highest BCUT2D eigenvalue weighted by atomic mass is 35.5. The highest BCUT2D eigenvalue weighted by molar-refractivity contribution is 7.89. The van der Waals surface area contributed by atoms with Gasteiger partial charge < -0.3 is 4.74 Å². The van der Waals surface area contributed by atoms with Gasteiger partial charge in [-0.2, -0.15) is 0 Å². The lowest BCUT2D eigenvalue weighted by molar-refractivity contribution is 0.0600. The fourth-order valence-corrected chi connectivity index (χ4v) is 4.67. The van der Waals surface area contributed by atoms with Gasteiger partial charge in [-0.25, -0.2) is 17.9 Å². The highest BCUT2D eigenvalue weighted by Gasteiger charge is 2.36. The van der Waals surface area contributed by atoms with E-state index >= 15 is 0 Å². The first kappa shape index (κ1) is 18.9. The summed E-state index contributed by atoms with van der Waals surface area (Å²) < 4.78 is 33.2. The number of benzene rings is 2. The van der Waals surface area contributed by atoms with Crippen LogP contribution >= 0.6 is 11.6 Å². The molecule has 1 saturated carbocycles. The lowest BCUT2D eigenvalue weighted by atomic mass is 10.0. The van der Waals surface area contributed by atoms with Crippen molar-refractivity contribution in [2.24, 2.45) is 5.92 Å². The van der Waals surface area contributed by atoms with Crippen molar-refractivity contribution in [1.29, 1.82) is 0 Å². The molecule has 0 bridgehead atoms. The maximum atomic E-state index is 12.9. The lowest BCUT2D eigenvalue weighted by Gasteiger charge is -2.19. The number of sulfonamides is 1. The number of methoxy groups -OCH3 is 1. The largest absolute Gasteiger partial charge is 0.465 e. The number of carbonyl (C=O) groups is 1. The molecule has 2 aromatic rings. The third-order valence-corrected chi connectivity index (χ3v) is 6.38. The average molecular weight is 394 g/mol. The predicted octanol–water partition coefficient (Wildman–Crippen LogP) is 3.86. The Hall–Kier alpha value is -1.89. The monoisotopic (exact) mass is 393 g/mol. The quantitative estimate of drug-likeness (QED) is 0.756. The van der Waals surface area contributed by atoms with Gasteiger partial charge in [0.15, 0.2) is 0 Å². The standard InChI is InChI=1S/C19H20ClNO4S/c1-12-3-5-13(6-4-12)18(14-7-8-14)21-26(23,24)17-10-9-15(11-16(17)20)19(22)25-2/h3-6,9-11,14,18,21H,7-8H2,1-2H3. The smallest absolute Gasteiger partial charge is 0.337 e. The normalized spacial score (nSPS) is 15.5. The predicted molar refractivity (Wildman–Crippen MR) is 99.8 cm³/mol. The summed E-state index contributed by atoms with van der Waals surface area (Å²) in [4.78, 5) is 11.5. The van der Waals surface area contributed by atoms with Gasteiger partial charge in [0.05, 0.1) is 17.7 Å². The number of rotatable bonds is 6. The summed E-state index contributed by atoms with van der Waals surface area (Å²) in [5.41, 5.74) is 2.25. The van der Waals surface area contributed by atoms with Gasteiger partial charge in [0.1, 0.15) is 4.90 Å². The van der Waals surface area contributed by atoms with E-state index in [9.17, 15) is 13.2 Å². The Morgan fingerprint density at radius 1 is 1.19 bits per heavy atom. The summed E-state index contributed by atoms with van der Waals surface area (Å²) in [6.07, 6.45) is 1.96. The molecule has 1 unspecified atom stereocenters. The van der Waals surface area contributed by atoms with Gasteiger partial charge in [-0.15, -0.1) is 0 Å². The zero-order valence-electron chi connectivity index (χ0n) is 14.5. The Morgan fingerprint density at radius 3 is 2.38 bits per heavy atom. The van der Waals surface area contributed by atoms with E-state index in [1.807, 2.05) is 31.2 Å². The Balaban J connectivity index is 1.89. The van der Waals surface area contributed by atoms with Crippen molar-refractivity contribution in [2.75, 3.05) is 7.11 Å². The maximum absolute atomic E-state index is 12.9. The molecule has 0 aliphatic heterocycles. The summed E-state index contributed by atoms with van der Waals surface area (Å²) in [6, 6.07) is 11.6. The van der Waals surface area contributed by atoms with E-state index in [1.165, 1.54) is 25.3 Å². The van der Waals surface area contributed by atoms with Crippen molar-refractivity contribution in [3.8, 4) is 0 Å². The molecular weight excluding hydrogens is 374 g/mol. The summed E-state index contributed by atoms with van der Waals surface area (Å²) in [6.45, 7) is 1.99. The minimum atomic E-state index is -3.84. The van der Waals surface area contributed by atoms with E-state index in [1.54, 1.807) is 0 Å². The Kier molecular flexibility index (Phi) is 5.37. The van der Waals surface area contributed by atoms with Gasteiger partial charge in [-0.05, 0) is 49.4 Å². The molecule has 0 aromatic heterocycles. The molecule has 0 saturated heterocycles. The zero-order valence-corrected chi connectivity index (χ0v) is 16.1. The zero-order chi connectivity index (χ0) is 18.9. The highest BCUT2D eigenvalue weighted by Crippen LogP contribution is 2.42. The molecule has 0 amide bonds. The molecule has 7 heteroatoms. The Bertz CT molecular complexity index is 921. The fraction of sp³-hybridized carbons (Fsp3) is 0.316. The van der Waals surface area contributed by atoms with Crippen LogP contribution in [0.15, 0.2) is 47.4 Å². The minimum Gasteiger partial charge on any atom is -0.465 e. The molecule has 1 N–H and O–H groups in total. The van der Waals surface area contributed by atoms with Gasteiger partial charge in [-0.3, -0.25) is 0 Å². The van der Waals surface area contributed by atoms with Crippen molar-refractivity contribution in [1.82, 2.24) is 4.72 Å². The van der Waals surface area contributed by atoms with E-state index in [0.717, 1.165) is 24.0 Å². The van der Waals surface area contributed by atoms with Crippen molar-refractivity contribution >= 4 is 27.6 Å².